The number of nitrogens with zero attached hydrogens (tertiary/aromatic N) is 2. The van der Waals surface area contributed by atoms with Crippen LogP contribution in [0.5, 0.6) is 0 Å². The molecule has 13 rings (SSSR count). The number of benzene rings is 9. The Bertz CT molecular complexity index is 3610. The van der Waals surface area contributed by atoms with Gasteiger partial charge in [-0.1, -0.05) is 177 Å². The number of rotatable bonds is 7. The lowest BCUT2D eigenvalue weighted by Crippen LogP contribution is -2.31. The van der Waals surface area contributed by atoms with Crippen LogP contribution in [0.4, 0.5) is 17.1 Å². The first-order valence-corrected chi connectivity index (χ1v) is 24.6. The summed E-state index contributed by atoms with van der Waals surface area (Å²) in [4.78, 5) is 2.53. The monoisotopic (exact) mass is 874 g/mol. The molecule has 0 amide bonds. The molecule has 9 aromatic carbocycles. The minimum atomic E-state index is -0.339. The van der Waals surface area contributed by atoms with Gasteiger partial charge in [0.1, 0.15) is 0 Å². The third-order valence-electron chi connectivity index (χ3n) is 15.8. The van der Waals surface area contributed by atoms with Gasteiger partial charge in [0, 0.05) is 38.9 Å². The molecule has 1 aromatic heterocycles. The molecule has 2 nitrogen and oxygen atoms in total. The van der Waals surface area contributed by atoms with Crippen molar-refractivity contribution in [3.8, 4) is 39.1 Å². The van der Waals surface area contributed by atoms with Gasteiger partial charge in [-0.25, -0.2) is 0 Å². The van der Waals surface area contributed by atoms with Crippen molar-refractivity contribution < 1.29 is 0 Å². The molecular weight excluding hydrogens is 821 g/mol. The second-order valence-corrected chi connectivity index (χ2v) is 20.0. The van der Waals surface area contributed by atoms with Crippen LogP contribution in [0.3, 0.4) is 0 Å². The van der Waals surface area contributed by atoms with Crippen LogP contribution < -0.4 is 4.90 Å². The standard InChI is InChI=1S/C66H54N2/c1-43-27-37-54-57-42-64(44(2)40-61(57)66(60(54)39-43,47-17-7-5-8-18-47)48-19-9-6-10-20-48)67(51-36-38-53-52-21-11-14-24-58(52)65(3,4)59(53)41-51)49-32-28-45(29-33-49)46-30-34-50(35-31-46)68-62-25-15-12-22-55(62)56-23-13-16-26-63(56)68/h5,7-8,11-19,21-42H,6,9-10,20H2,1-4H3. The predicted octanol–water partition coefficient (Wildman–Crippen LogP) is 17.7. The second-order valence-electron chi connectivity index (χ2n) is 20.0. The van der Waals surface area contributed by atoms with Crippen molar-refractivity contribution in [3.05, 3.63) is 251 Å². The number of para-hydroxylation sites is 2. The van der Waals surface area contributed by atoms with E-state index < -0.39 is 0 Å². The van der Waals surface area contributed by atoms with Crippen molar-refractivity contribution in [1.29, 1.82) is 0 Å². The number of aromatic nitrogens is 1. The van der Waals surface area contributed by atoms with Crippen molar-refractivity contribution in [1.82, 2.24) is 4.57 Å². The van der Waals surface area contributed by atoms with E-state index in [0.29, 0.717) is 0 Å². The van der Waals surface area contributed by atoms with Gasteiger partial charge < -0.3 is 9.47 Å². The molecule has 0 saturated heterocycles. The molecular formula is C66H54N2. The van der Waals surface area contributed by atoms with Gasteiger partial charge in [0.25, 0.3) is 0 Å². The normalized spacial score (nSPS) is 16.6. The Morgan fingerprint density at radius 1 is 0.471 bits per heavy atom. The third kappa shape index (κ3) is 5.96. The summed E-state index contributed by atoms with van der Waals surface area (Å²) in [6.07, 6.45) is 7.30. The quantitative estimate of drug-likeness (QED) is 0.145. The minimum Gasteiger partial charge on any atom is -0.310 e. The summed E-state index contributed by atoms with van der Waals surface area (Å²) >= 11 is 0. The second kappa shape index (κ2) is 15.4. The van der Waals surface area contributed by atoms with Gasteiger partial charge in [0.2, 0.25) is 0 Å². The summed E-state index contributed by atoms with van der Waals surface area (Å²) in [5.41, 5.74) is 25.4. The molecule has 0 saturated carbocycles. The summed E-state index contributed by atoms with van der Waals surface area (Å²) < 4.78 is 2.39. The first-order valence-electron chi connectivity index (χ1n) is 24.6. The molecule has 0 N–H and O–H groups in total. The van der Waals surface area contributed by atoms with E-state index in [2.05, 4.69) is 243 Å². The van der Waals surface area contributed by atoms with Crippen LogP contribution in [0.2, 0.25) is 0 Å². The fourth-order valence-electron chi connectivity index (χ4n) is 12.6. The molecule has 0 fully saturated rings. The lowest BCUT2D eigenvalue weighted by molar-refractivity contribution is 0.612. The Labute approximate surface area is 400 Å². The number of allylic oxidation sites excluding steroid dienone is 2. The molecule has 3 aliphatic rings. The number of anilines is 3. The summed E-state index contributed by atoms with van der Waals surface area (Å²) in [5.74, 6) is 0. The van der Waals surface area contributed by atoms with Gasteiger partial charge in [-0.15, -0.1) is 0 Å². The molecule has 3 aliphatic carbocycles. The molecule has 0 spiro atoms. The van der Waals surface area contributed by atoms with E-state index in [1.54, 1.807) is 5.57 Å². The topological polar surface area (TPSA) is 8.17 Å². The smallest absolute Gasteiger partial charge is 0.0673 e. The molecule has 0 bridgehead atoms. The fourth-order valence-corrected chi connectivity index (χ4v) is 12.6. The molecule has 68 heavy (non-hydrogen) atoms. The molecule has 0 aliphatic heterocycles. The van der Waals surface area contributed by atoms with Crippen molar-refractivity contribution in [3.63, 3.8) is 0 Å². The number of aryl methyl sites for hydroxylation is 2. The number of hydrogen-bond acceptors (Lipinski definition) is 1. The SMILES string of the molecule is Cc1ccc2c(c1)C(C1=CCCCC1)(c1ccccc1)c1cc(C)c(N(c3ccc(-c4ccc(-n5c6ccccc6c6ccccc65)cc4)cc3)c3ccc4c(c3)C(C)(C)c3ccccc3-4)cc1-2. The average molecular weight is 875 g/mol. The van der Waals surface area contributed by atoms with Crippen LogP contribution in [-0.4, -0.2) is 4.57 Å². The van der Waals surface area contributed by atoms with Crippen LogP contribution >= 0.6 is 0 Å². The molecule has 2 heteroatoms. The van der Waals surface area contributed by atoms with Crippen molar-refractivity contribution in [2.45, 2.75) is 64.2 Å². The van der Waals surface area contributed by atoms with Crippen molar-refractivity contribution >= 4 is 38.9 Å². The number of fused-ring (bicyclic) bond motifs is 9. The minimum absolute atomic E-state index is 0.129. The molecule has 1 unspecified atom stereocenters. The van der Waals surface area contributed by atoms with Crippen LogP contribution in [0.1, 0.15) is 78.5 Å². The Kier molecular flexibility index (Phi) is 9.21. The van der Waals surface area contributed by atoms with Crippen LogP contribution in [0.25, 0.3) is 60.9 Å². The highest BCUT2D eigenvalue weighted by Crippen LogP contribution is 2.60. The highest BCUT2D eigenvalue weighted by molar-refractivity contribution is 6.09. The summed E-state index contributed by atoms with van der Waals surface area (Å²) in [7, 11) is 0. The largest absolute Gasteiger partial charge is 0.310 e. The third-order valence-corrected chi connectivity index (χ3v) is 15.8. The van der Waals surface area contributed by atoms with Gasteiger partial charge in [-0.2, -0.15) is 0 Å². The first kappa shape index (κ1) is 40.6. The van der Waals surface area contributed by atoms with E-state index in [9.17, 15) is 0 Å². The molecule has 328 valence electrons. The molecule has 1 heterocycles. The first-order chi connectivity index (χ1) is 33.3. The van der Waals surface area contributed by atoms with Crippen LogP contribution in [0.15, 0.2) is 212 Å². The average Bonchev–Trinajstić information content (AvgIpc) is 3.95. The Hall–Kier alpha value is -7.68. The predicted molar refractivity (Wildman–Crippen MR) is 286 cm³/mol. The lowest BCUT2D eigenvalue weighted by atomic mass is 9.64. The number of hydrogen-bond donors (Lipinski definition) is 0. The van der Waals surface area contributed by atoms with Gasteiger partial charge in [0.15, 0.2) is 0 Å². The highest BCUT2D eigenvalue weighted by Gasteiger charge is 2.48. The Morgan fingerprint density at radius 2 is 1.07 bits per heavy atom. The Balaban J connectivity index is 0.965. The lowest BCUT2D eigenvalue weighted by Gasteiger charge is -2.38. The summed E-state index contributed by atoms with van der Waals surface area (Å²) in [5, 5.41) is 2.55. The molecule has 1 atom stereocenters. The van der Waals surface area contributed by atoms with Crippen molar-refractivity contribution in [2.75, 3.05) is 4.90 Å². The highest BCUT2D eigenvalue weighted by atomic mass is 15.1. The zero-order valence-electron chi connectivity index (χ0n) is 39.4. The maximum Gasteiger partial charge on any atom is 0.0673 e. The van der Waals surface area contributed by atoms with E-state index in [1.807, 2.05) is 0 Å². The Morgan fingerprint density at radius 3 is 1.79 bits per heavy atom. The maximum absolute atomic E-state index is 2.58. The van der Waals surface area contributed by atoms with E-state index in [-0.39, 0.29) is 10.8 Å². The molecule has 10 aromatic rings. The fraction of sp³-hybridized carbons (Fsp3) is 0.152. The van der Waals surface area contributed by atoms with Gasteiger partial charge in [-0.3, -0.25) is 0 Å². The van der Waals surface area contributed by atoms with Crippen molar-refractivity contribution in [2.24, 2.45) is 0 Å². The zero-order valence-corrected chi connectivity index (χ0v) is 39.4. The summed E-state index contributed by atoms with van der Waals surface area (Å²) in [6, 6.07) is 75.6. The maximum atomic E-state index is 2.58. The van der Waals surface area contributed by atoms with Gasteiger partial charge >= 0.3 is 0 Å². The zero-order chi connectivity index (χ0) is 45.7. The van der Waals surface area contributed by atoms with E-state index in [1.165, 1.54) is 118 Å². The molecule has 0 radical (unpaired) electrons. The van der Waals surface area contributed by atoms with Crippen LogP contribution in [0, 0.1) is 13.8 Å². The van der Waals surface area contributed by atoms with Gasteiger partial charge in [-0.05, 0) is 161 Å². The van der Waals surface area contributed by atoms with E-state index in [4.69, 9.17) is 0 Å². The van der Waals surface area contributed by atoms with E-state index >= 15 is 0 Å². The van der Waals surface area contributed by atoms with E-state index in [0.717, 1.165) is 24.2 Å². The summed E-state index contributed by atoms with van der Waals surface area (Å²) in [6.45, 7) is 9.36. The van der Waals surface area contributed by atoms with Gasteiger partial charge in [0.05, 0.1) is 16.4 Å². The van der Waals surface area contributed by atoms with Crippen LogP contribution in [-0.2, 0) is 10.8 Å².